The van der Waals surface area contributed by atoms with Gasteiger partial charge in [-0.05, 0) is 25.1 Å². The molecule has 0 radical (unpaired) electrons. The van der Waals surface area contributed by atoms with E-state index in [2.05, 4.69) is 41.5 Å². The van der Waals surface area contributed by atoms with E-state index in [1.165, 1.54) is 5.56 Å². The van der Waals surface area contributed by atoms with Gasteiger partial charge in [-0.2, -0.15) is 0 Å². The van der Waals surface area contributed by atoms with Gasteiger partial charge in [-0.15, -0.1) is 0 Å². The first-order valence-electron chi connectivity index (χ1n) is 6.89. The van der Waals surface area contributed by atoms with E-state index >= 15 is 0 Å². The highest BCUT2D eigenvalue weighted by Crippen LogP contribution is 2.24. The number of rotatable bonds is 4. The average Bonchev–Trinajstić information content (AvgIpc) is 2.87. The number of aryl methyl sites for hydroxylation is 1. The van der Waals surface area contributed by atoms with Gasteiger partial charge in [-0.1, -0.05) is 31.2 Å². The van der Waals surface area contributed by atoms with Gasteiger partial charge in [0.1, 0.15) is 11.5 Å². The van der Waals surface area contributed by atoms with Crippen LogP contribution in [0.25, 0.3) is 16.9 Å². The maximum absolute atomic E-state index is 4.74. The van der Waals surface area contributed by atoms with E-state index in [0.29, 0.717) is 0 Å². The molecule has 0 aliphatic rings. The Bertz CT molecular complexity index is 713. The van der Waals surface area contributed by atoms with Crippen molar-refractivity contribution in [2.45, 2.75) is 19.9 Å². The highest BCUT2D eigenvalue weighted by molar-refractivity contribution is 5.74. The summed E-state index contributed by atoms with van der Waals surface area (Å²) in [6.07, 6.45) is 4.86. The Morgan fingerprint density at radius 2 is 2.00 bits per heavy atom. The second-order valence-corrected chi connectivity index (χ2v) is 4.77. The van der Waals surface area contributed by atoms with E-state index in [0.717, 1.165) is 35.7 Å². The molecule has 1 aromatic carbocycles. The Morgan fingerprint density at radius 1 is 1.20 bits per heavy atom. The van der Waals surface area contributed by atoms with Crippen LogP contribution in [0.5, 0.6) is 0 Å². The number of nitrogens with one attached hydrogen (secondary N) is 1. The highest BCUT2D eigenvalue weighted by atomic mass is 15.1. The van der Waals surface area contributed by atoms with Crippen molar-refractivity contribution in [3.8, 4) is 11.3 Å². The van der Waals surface area contributed by atoms with Gasteiger partial charge in [0.05, 0.1) is 6.54 Å². The van der Waals surface area contributed by atoms with Crippen LogP contribution >= 0.6 is 0 Å². The van der Waals surface area contributed by atoms with Crippen molar-refractivity contribution in [3.05, 3.63) is 54.1 Å². The molecule has 0 aliphatic heterocycles. The number of nitrogens with zero attached hydrogens (tertiary/aromatic N) is 3. The largest absolute Gasteiger partial charge is 0.313 e. The number of fused-ring (bicyclic) bond motifs is 1. The standard InChI is InChI=1S/C16H18N4/c1-3-12-5-7-13(8-6-12)15-16-18-9-4-10-20(16)14(19-15)11-17-2/h4-10,17H,3,11H2,1-2H3. The van der Waals surface area contributed by atoms with E-state index in [9.17, 15) is 0 Å². The number of hydrogen-bond acceptors (Lipinski definition) is 3. The normalized spacial score (nSPS) is 11.1. The fourth-order valence-corrected chi connectivity index (χ4v) is 2.36. The Hall–Kier alpha value is -2.20. The van der Waals surface area contributed by atoms with Crippen molar-refractivity contribution >= 4 is 5.65 Å². The summed E-state index contributed by atoms with van der Waals surface area (Å²) in [6.45, 7) is 2.88. The lowest BCUT2D eigenvalue weighted by molar-refractivity contribution is 0.754. The second-order valence-electron chi connectivity index (χ2n) is 4.77. The molecular weight excluding hydrogens is 248 g/mol. The third-order valence-corrected chi connectivity index (χ3v) is 3.45. The zero-order chi connectivity index (χ0) is 13.9. The van der Waals surface area contributed by atoms with Gasteiger partial charge < -0.3 is 5.32 Å². The molecule has 0 saturated heterocycles. The Balaban J connectivity index is 2.14. The molecule has 1 N–H and O–H groups in total. The molecule has 0 bridgehead atoms. The molecule has 3 rings (SSSR count). The van der Waals surface area contributed by atoms with Gasteiger partial charge in [-0.25, -0.2) is 9.97 Å². The van der Waals surface area contributed by atoms with Crippen LogP contribution in [0.2, 0.25) is 0 Å². The Labute approximate surface area is 118 Å². The maximum atomic E-state index is 4.74. The lowest BCUT2D eigenvalue weighted by Gasteiger charge is -2.00. The fraction of sp³-hybridized carbons (Fsp3) is 0.250. The topological polar surface area (TPSA) is 42.2 Å². The highest BCUT2D eigenvalue weighted by Gasteiger charge is 2.12. The van der Waals surface area contributed by atoms with Crippen LogP contribution < -0.4 is 5.32 Å². The molecular formula is C16H18N4. The molecule has 0 atom stereocenters. The number of aromatic nitrogens is 3. The molecule has 2 aromatic heterocycles. The summed E-state index contributed by atoms with van der Waals surface area (Å²) in [5.41, 5.74) is 4.29. The minimum absolute atomic E-state index is 0.722. The summed E-state index contributed by atoms with van der Waals surface area (Å²) in [5.74, 6) is 0.977. The van der Waals surface area contributed by atoms with E-state index in [1.807, 2.05) is 29.9 Å². The predicted molar refractivity (Wildman–Crippen MR) is 80.6 cm³/mol. The Kier molecular flexibility index (Phi) is 3.48. The van der Waals surface area contributed by atoms with Crippen LogP contribution in [0.1, 0.15) is 18.3 Å². The van der Waals surface area contributed by atoms with Crippen molar-refractivity contribution in [1.82, 2.24) is 19.7 Å². The minimum atomic E-state index is 0.722. The van der Waals surface area contributed by atoms with E-state index in [4.69, 9.17) is 4.98 Å². The summed E-state index contributed by atoms with van der Waals surface area (Å²) in [6, 6.07) is 10.5. The minimum Gasteiger partial charge on any atom is -0.313 e. The van der Waals surface area contributed by atoms with Crippen molar-refractivity contribution in [2.75, 3.05) is 7.05 Å². The molecule has 0 saturated carbocycles. The Morgan fingerprint density at radius 3 is 2.70 bits per heavy atom. The molecule has 0 amide bonds. The monoisotopic (exact) mass is 266 g/mol. The SMILES string of the molecule is CCc1ccc(-c2nc(CNC)n3cccnc23)cc1. The summed E-state index contributed by atoms with van der Waals surface area (Å²) in [5, 5.41) is 3.15. The zero-order valence-corrected chi connectivity index (χ0v) is 11.8. The molecule has 4 heteroatoms. The maximum Gasteiger partial charge on any atom is 0.164 e. The number of benzene rings is 1. The predicted octanol–water partition coefficient (Wildman–Crippen LogP) is 2.68. The first kappa shape index (κ1) is 12.8. The molecule has 2 heterocycles. The quantitative estimate of drug-likeness (QED) is 0.789. The third-order valence-electron chi connectivity index (χ3n) is 3.45. The van der Waals surface area contributed by atoms with Crippen LogP contribution in [0.3, 0.4) is 0 Å². The molecule has 20 heavy (non-hydrogen) atoms. The zero-order valence-electron chi connectivity index (χ0n) is 11.8. The fourth-order valence-electron chi connectivity index (χ4n) is 2.36. The van der Waals surface area contributed by atoms with Crippen LogP contribution in [0.15, 0.2) is 42.7 Å². The van der Waals surface area contributed by atoms with E-state index in [-0.39, 0.29) is 0 Å². The second kappa shape index (κ2) is 5.43. The van der Waals surface area contributed by atoms with Gasteiger partial charge in [0.25, 0.3) is 0 Å². The third kappa shape index (κ3) is 2.18. The number of imidazole rings is 1. The summed E-state index contributed by atoms with van der Waals surface area (Å²) >= 11 is 0. The molecule has 0 spiro atoms. The van der Waals surface area contributed by atoms with Gasteiger partial charge in [0, 0.05) is 18.0 Å². The van der Waals surface area contributed by atoms with Crippen molar-refractivity contribution < 1.29 is 0 Å². The smallest absolute Gasteiger partial charge is 0.164 e. The molecule has 0 unspecified atom stereocenters. The van der Waals surface area contributed by atoms with Gasteiger partial charge in [0.15, 0.2) is 5.65 Å². The van der Waals surface area contributed by atoms with Crippen LogP contribution in [-0.4, -0.2) is 21.4 Å². The summed E-state index contributed by atoms with van der Waals surface area (Å²) in [7, 11) is 1.92. The molecule has 102 valence electrons. The van der Waals surface area contributed by atoms with Gasteiger partial charge in [0.2, 0.25) is 0 Å². The lowest BCUT2D eigenvalue weighted by atomic mass is 10.1. The van der Waals surface area contributed by atoms with Crippen molar-refractivity contribution in [1.29, 1.82) is 0 Å². The van der Waals surface area contributed by atoms with Crippen LogP contribution in [0.4, 0.5) is 0 Å². The first-order valence-corrected chi connectivity index (χ1v) is 6.89. The van der Waals surface area contributed by atoms with E-state index < -0.39 is 0 Å². The molecule has 0 aliphatic carbocycles. The molecule has 4 nitrogen and oxygen atoms in total. The van der Waals surface area contributed by atoms with Gasteiger partial charge >= 0.3 is 0 Å². The molecule has 3 aromatic rings. The number of hydrogen-bond donors (Lipinski definition) is 1. The lowest BCUT2D eigenvalue weighted by Crippen LogP contribution is -2.08. The van der Waals surface area contributed by atoms with Crippen molar-refractivity contribution in [2.24, 2.45) is 0 Å². The first-order chi connectivity index (χ1) is 9.83. The van der Waals surface area contributed by atoms with Crippen molar-refractivity contribution in [3.63, 3.8) is 0 Å². The van der Waals surface area contributed by atoms with Crippen LogP contribution in [0, 0.1) is 0 Å². The van der Waals surface area contributed by atoms with Crippen LogP contribution in [-0.2, 0) is 13.0 Å². The summed E-state index contributed by atoms with van der Waals surface area (Å²) in [4.78, 5) is 9.22. The summed E-state index contributed by atoms with van der Waals surface area (Å²) < 4.78 is 2.04. The van der Waals surface area contributed by atoms with E-state index in [1.54, 1.807) is 0 Å². The molecule has 0 fully saturated rings. The van der Waals surface area contributed by atoms with Gasteiger partial charge in [-0.3, -0.25) is 4.40 Å². The average molecular weight is 266 g/mol.